The summed E-state index contributed by atoms with van der Waals surface area (Å²) >= 11 is 0. The first-order valence-electron chi connectivity index (χ1n) is 8.39. The zero-order valence-electron chi connectivity index (χ0n) is 13.7. The van der Waals surface area contributed by atoms with Gasteiger partial charge in [0.25, 0.3) is 0 Å². The normalized spacial score (nSPS) is 16.6. The second kappa shape index (κ2) is 6.26. The molecular formula is C19H21N3O2. The van der Waals surface area contributed by atoms with Crippen molar-refractivity contribution in [2.45, 2.75) is 19.6 Å². The molecule has 2 aromatic carbocycles. The van der Waals surface area contributed by atoms with Gasteiger partial charge in [0, 0.05) is 40.6 Å². The molecule has 0 aliphatic carbocycles. The summed E-state index contributed by atoms with van der Waals surface area (Å²) < 4.78 is 7.41. The number of para-hydroxylation sites is 1. The zero-order valence-corrected chi connectivity index (χ0v) is 13.7. The van der Waals surface area contributed by atoms with E-state index in [2.05, 4.69) is 58.5 Å². The fourth-order valence-electron chi connectivity index (χ4n) is 3.21. The van der Waals surface area contributed by atoms with E-state index in [1.165, 1.54) is 21.8 Å². The highest BCUT2D eigenvalue weighted by Crippen LogP contribution is 2.30. The average molecular weight is 323 g/mol. The van der Waals surface area contributed by atoms with Crippen LogP contribution in [0.3, 0.4) is 0 Å². The van der Waals surface area contributed by atoms with Gasteiger partial charge in [-0.1, -0.05) is 18.2 Å². The van der Waals surface area contributed by atoms with Gasteiger partial charge >= 0.3 is 0 Å². The van der Waals surface area contributed by atoms with Gasteiger partial charge in [-0.2, -0.15) is 0 Å². The molecule has 0 radical (unpaired) electrons. The maximum atomic E-state index is 12.1. The van der Waals surface area contributed by atoms with Crippen LogP contribution >= 0.6 is 0 Å². The lowest BCUT2D eigenvalue weighted by Gasteiger charge is -2.07. The first-order chi connectivity index (χ1) is 11.8. The van der Waals surface area contributed by atoms with Crippen molar-refractivity contribution >= 4 is 33.4 Å². The number of nitrogens with one attached hydrogen (secondary N) is 2. The number of nitrogens with zero attached hydrogens (tertiary/aromatic N) is 1. The summed E-state index contributed by atoms with van der Waals surface area (Å²) in [5.74, 6) is -0.0331. The molecule has 24 heavy (non-hydrogen) atoms. The zero-order chi connectivity index (χ0) is 16.5. The molecule has 1 atom stereocenters. The molecule has 5 heteroatoms. The smallest absolute Gasteiger partial charge is 0.238 e. The Balaban J connectivity index is 1.58. The molecule has 1 saturated heterocycles. The van der Waals surface area contributed by atoms with Gasteiger partial charge in [0.05, 0.1) is 19.3 Å². The van der Waals surface area contributed by atoms with E-state index in [9.17, 15) is 4.79 Å². The number of carbonyl (C=O) groups excluding carboxylic acids is 1. The summed E-state index contributed by atoms with van der Waals surface area (Å²) in [6, 6.07) is 14.5. The first kappa shape index (κ1) is 15.2. The number of hydrogen-bond acceptors (Lipinski definition) is 3. The van der Waals surface area contributed by atoms with E-state index >= 15 is 0 Å². The number of epoxide rings is 1. The Labute approximate surface area is 140 Å². The summed E-state index contributed by atoms with van der Waals surface area (Å²) in [5, 5.41) is 8.46. The van der Waals surface area contributed by atoms with E-state index in [1.54, 1.807) is 0 Å². The van der Waals surface area contributed by atoms with E-state index in [4.69, 9.17) is 4.74 Å². The highest BCUT2D eigenvalue weighted by atomic mass is 16.6. The Morgan fingerprint density at radius 3 is 2.79 bits per heavy atom. The third-order valence-electron chi connectivity index (χ3n) is 4.43. The third-order valence-corrected chi connectivity index (χ3v) is 4.43. The predicted octanol–water partition coefficient (Wildman–Crippen LogP) is 2.74. The minimum atomic E-state index is -0.0331. The Morgan fingerprint density at radius 2 is 2.00 bits per heavy atom. The number of aromatic nitrogens is 1. The van der Waals surface area contributed by atoms with Crippen molar-refractivity contribution < 1.29 is 9.53 Å². The quantitative estimate of drug-likeness (QED) is 0.686. The highest BCUT2D eigenvalue weighted by Gasteiger charge is 2.21. The molecule has 2 N–H and O–H groups in total. The average Bonchev–Trinajstić information content (AvgIpc) is 3.36. The second-order valence-electron chi connectivity index (χ2n) is 6.13. The lowest BCUT2D eigenvalue weighted by atomic mass is 10.1. The summed E-state index contributed by atoms with van der Waals surface area (Å²) in [7, 11) is 0. The summed E-state index contributed by atoms with van der Waals surface area (Å²) in [6.07, 6.45) is 0.286. The van der Waals surface area contributed by atoms with Crippen LogP contribution in [0, 0.1) is 0 Å². The Kier molecular flexibility index (Phi) is 3.96. The summed E-state index contributed by atoms with van der Waals surface area (Å²) in [6.45, 7) is 4.90. The molecule has 5 nitrogen and oxygen atoms in total. The van der Waals surface area contributed by atoms with Gasteiger partial charge in [-0.05, 0) is 31.2 Å². The molecule has 3 aromatic rings. The van der Waals surface area contributed by atoms with Crippen LogP contribution < -0.4 is 10.6 Å². The van der Waals surface area contributed by atoms with Crippen molar-refractivity contribution in [3.8, 4) is 0 Å². The van der Waals surface area contributed by atoms with Crippen LogP contribution in [-0.2, 0) is 16.1 Å². The third kappa shape index (κ3) is 2.88. The summed E-state index contributed by atoms with van der Waals surface area (Å²) in [5.41, 5.74) is 3.25. The molecule has 1 aliphatic heterocycles. The Morgan fingerprint density at radius 1 is 1.21 bits per heavy atom. The maximum absolute atomic E-state index is 12.1. The molecule has 1 amide bonds. The Bertz CT molecular complexity index is 896. The maximum Gasteiger partial charge on any atom is 0.238 e. The summed E-state index contributed by atoms with van der Waals surface area (Å²) in [4.78, 5) is 12.1. The number of carbonyl (C=O) groups is 1. The number of hydrogen-bond donors (Lipinski definition) is 2. The van der Waals surface area contributed by atoms with Gasteiger partial charge in [-0.3, -0.25) is 4.79 Å². The van der Waals surface area contributed by atoms with Gasteiger partial charge in [0.15, 0.2) is 0 Å². The molecule has 124 valence electrons. The second-order valence-corrected chi connectivity index (χ2v) is 6.13. The first-order valence-corrected chi connectivity index (χ1v) is 8.39. The van der Waals surface area contributed by atoms with Crippen molar-refractivity contribution in [1.82, 2.24) is 9.88 Å². The molecule has 1 fully saturated rings. The standard InChI is InChI=1S/C19H21N3O2/c1-2-22-17-6-4-3-5-15(17)16-9-13(7-8-18(16)22)21-19(23)11-20-10-14-12-24-14/h3-9,14,20H,2,10-12H2,1H3,(H,21,23). The number of fused-ring (bicyclic) bond motifs is 3. The molecule has 2 heterocycles. The van der Waals surface area contributed by atoms with Crippen LogP contribution in [0.1, 0.15) is 6.92 Å². The SMILES string of the molecule is CCn1c2ccccc2c2cc(NC(=O)CNCC3CO3)ccc21. The lowest BCUT2D eigenvalue weighted by molar-refractivity contribution is -0.115. The molecule has 0 saturated carbocycles. The number of amides is 1. The van der Waals surface area contributed by atoms with Crippen molar-refractivity contribution in [3.63, 3.8) is 0 Å². The van der Waals surface area contributed by atoms with Crippen LogP contribution in [0.5, 0.6) is 0 Å². The number of benzene rings is 2. The minimum Gasteiger partial charge on any atom is -0.372 e. The fraction of sp³-hybridized carbons (Fsp3) is 0.316. The topological polar surface area (TPSA) is 58.6 Å². The van der Waals surface area contributed by atoms with E-state index in [-0.39, 0.29) is 12.0 Å². The molecule has 1 aliphatic rings. The number of ether oxygens (including phenoxy) is 1. The van der Waals surface area contributed by atoms with Crippen LogP contribution in [0.2, 0.25) is 0 Å². The van der Waals surface area contributed by atoms with E-state index in [0.717, 1.165) is 25.4 Å². The van der Waals surface area contributed by atoms with Gasteiger partial charge in [0.2, 0.25) is 5.91 Å². The van der Waals surface area contributed by atoms with Crippen molar-refractivity contribution in [3.05, 3.63) is 42.5 Å². The van der Waals surface area contributed by atoms with Gasteiger partial charge in [-0.15, -0.1) is 0 Å². The number of rotatable bonds is 6. The van der Waals surface area contributed by atoms with E-state index in [0.29, 0.717) is 6.54 Å². The fourth-order valence-corrected chi connectivity index (χ4v) is 3.21. The van der Waals surface area contributed by atoms with E-state index < -0.39 is 0 Å². The highest BCUT2D eigenvalue weighted by molar-refractivity contribution is 6.09. The monoisotopic (exact) mass is 323 g/mol. The molecule has 0 spiro atoms. The molecular weight excluding hydrogens is 302 g/mol. The van der Waals surface area contributed by atoms with E-state index in [1.807, 2.05) is 6.07 Å². The van der Waals surface area contributed by atoms with Crippen molar-refractivity contribution in [2.75, 3.05) is 25.0 Å². The van der Waals surface area contributed by atoms with Crippen molar-refractivity contribution in [2.24, 2.45) is 0 Å². The van der Waals surface area contributed by atoms with Crippen molar-refractivity contribution in [1.29, 1.82) is 0 Å². The molecule has 1 aromatic heterocycles. The molecule has 0 bridgehead atoms. The van der Waals surface area contributed by atoms with Crippen LogP contribution in [-0.4, -0.2) is 36.3 Å². The number of aryl methyl sites for hydroxylation is 1. The minimum absolute atomic E-state index is 0.0331. The molecule has 4 rings (SSSR count). The number of anilines is 1. The predicted molar refractivity (Wildman–Crippen MR) is 96.4 cm³/mol. The van der Waals surface area contributed by atoms with Crippen LogP contribution in [0.15, 0.2) is 42.5 Å². The molecule has 1 unspecified atom stereocenters. The van der Waals surface area contributed by atoms with Crippen LogP contribution in [0.4, 0.5) is 5.69 Å². The Hall–Kier alpha value is -2.37. The van der Waals surface area contributed by atoms with Gasteiger partial charge < -0.3 is 19.9 Å². The lowest BCUT2D eigenvalue weighted by Crippen LogP contribution is -2.30. The van der Waals surface area contributed by atoms with Gasteiger partial charge in [0.1, 0.15) is 0 Å². The largest absolute Gasteiger partial charge is 0.372 e. The van der Waals surface area contributed by atoms with Gasteiger partial charge in [-0.25, -0.2) is 0 Å². The van der Waals surface area contributed by atoms with Crippen LogP contribution in [0.25, 0.3) is 21.8 Å².